The van der Waals surface area contributed by atoms with Crippen molar-refractivity contribution < 1.29 is 18.7 Å². The highest BCUT2D eigenvalue weighted by Crippen LogP contribution is 2.29. The molecule has 8 nitrogen and oxygen atoms in total. The van der Waals surface area contributed by atoms with Crippen molar-refractivity contribution in [2.75, 3.05) is 26.8 Å². The number of piperidine rings is 1. The van der Waals surface area contributed by atoms with E-state index in [0.29, 0.717) is 31.3 Å². The summed E-state index contributed by atoms with van der Waals surface area (Å²) in [6.07, 6.45) is 5.64. The van der Waals surface area contributed by atoms with Gasteiger partial charge in [-0.05, 0) is 31.0 Å². The Hall–Kier alpha value is -3.94. The highest BCUT2D eigenvalue weighted by molar-refractivity contribution is 5.84. The molecular weight excluding hydrogens is 432 g/mol. The summed E-state index contributed by atoms with van der Waals surface area (Å²) in [5.41, 5.74) is 1.83. The molecular formula is C26H26N4O4. The van der Waals surface area contributed by atoms with E-state index in [1.807, 2.05) is 53.4 Å². The lowest BCUT2D eigenvalue weighted by molar-refractivity contribution is -0.134. The number of carbonyl (C=O) groups is 1. The first-order valence-corrected chi connectivity index (χ1v) is 11.4. The Bertz CT molecular complexity index is 1280. The molecule has 0 N–H and O–H groups in total. The Morgan fingerprint density at radius 1 is 1.12 bits per heavy atom. The van der Waals surface area contributed by atoms with Crippen LogP contribution in [-0.4, -0.2) is 52.6 Å². The smallest absolute Gasteiger partial charge is 0.260 e. The van der Waals surface area contributed by atoms with Crippen LogP contribution in [0, 0.1) is 0 Å². The molecule has 1 saturated heterocycles. The van der Waals surface area contributed by atoms with Gasteiger partial charge in [0, 0.05) is 25.1 Å². The van der Waals surface area contributed by atoms with Gasteiger partial charge in [-0.3, -0.25) is 4.79 Å². The van der Waals surface area contributed by atoms with Gasteiger partial charge in [0.25, 0.3) is 5.91 Å². The van der Waals surface area contributed by atoms with E-state index in [1.54, 1.807) is 13.3 Å². The van der Waals surface area contributed by atoms with E-state index in [9.17, 15) is 4.79 Å². The van der Waals surface area contributed by atoms with Crippen molar-refractivity contribution in [3.63, 3.8) is 0 Å². The molecule has 1 amide bonds. The Labute approximate surface area is 197 Å². The molecule has 0 spiro atoms. The highest BCUT2D eigenvalue weighted by Gasteiger charge is 2.28. The quantitative estimate of drug-likeness (QED) is 0.413. The van der Waals surface area contributed by atoms with Gasteiger partial charge in [0.2, 0.25) is 5.88 Å². The molecule has 1 aliphatic heterocycles. The fourth-order valence-corrected chi connectivity index (χ4v) is 4.35. The van der Waals surface area contributed by atoms with E-state index in [2.05, 4.69) is 15.0 Å². The highest BCUT2D eigenvalue weighted by atomic mass is 16.5. The largest absolute Gasteiger partial charge is 0.496 e. The predicted octanol–water partition coefficient (Wildman–Crippen LogP) is 4.00. The Morgan fingerprint density at radius 3 is 2.88 bits per heavy atom. The summed E-state index contributed by atoms with van der Waals surface area (Å²) in [5.74, 6) is 2.68. The van der Waals surface area contributed by atoms with E-state index in [-0.39, 0.29) is 18.4 Å². The lowest BCUT2D eigenvalue weighted by Gasteiger charge is -2.31. The number of para-hydroxylation sites is 2. The number of nitrogens with zero attached hydrogens (tertiary/aromatic N) is 4. The summed E-state index contributed by atoms with van der Waals surface area (Å²) >= 11 is 0. The van der Waals surface area contributed by atoms with Crippen LogP contribution in [0.1, 0.15) is 36.0 Å². The van der Waals surface area contributed by atoms with Crippen LogP contribution in [0.25, 0.3) is 10.9 Å². The molecule has 4 aromatic rings. The lowest BCUT2D eigenvalue weighted by atomic mass is 9.98. The van der Waals surface area contributed by atoms with Gasteiger partial charge in [-0.25, -0.2) is 15.0 Å². The minimum Gasteiger partial charge on any atom is -0.496 e. The van der Waals surface area contributed by atoms with Crippen molar-refractivity contribution in [2.45, 2.75) is 25.2 Å². The fraction of sp³-hybridized carbons (Fsp3) is 0.308. The average Bonchev–Trinajstić information content (AvgIpc) is 3.36. The fourth-order valence-electron chi connectivity index (χ4n) is 4.35. The van der Waals surface area contributed by atoms with Gasteiger partial charge in [0.05, 0.1) is 30.1 Å². The van der Waals surface area contributed by atoms with E-state index in [0.717, 1.165) is 40.8 Å². The van der Waals surface area contributed by atoms with Crippen LogP contribution in [0.5, 0.6) is 11.6 Å². The number of methoxy groups -OCH3 is 1. The second-order valence-corrected chi connectivity index (χ2v) is 8.32. The standard InChI is InChI=1S/C26H26N4O4/c1-32-23-11-5-2-7-18(23)13-20-14-27-25(34-20)19-8-6-12-30(15-19)24(31)16-33-26-21-9-3-4-10-22(21)28-17-29-26/h2-5,7,9-11,14,17,19H,6,8,12-13,15-16H2,1H3. The molecule has 1 unspecified atom stereocenters. The molecule has 5 rings (SSSR count). The van der Waals surface area contributed by atoms with Crippen molar-refractivity contribution in [1.82, 2.24) is 19.9 Å². The number of oxazole rings is 1. The molecule has 2 aromatic heterocycles. The number of ether oxygens (including phenoxy) is 2. The topological polar surface area (TPSA) is 90.6 Å². The van der Waals surface area contributed by atoms with Gasteiger partial charge in [0.15, 0.2) is 12.5 Å². The van der Waals surface area contributed by atoms with Gasteiger partial charge in [-0.2, -0.15) is 0 Å². The predicted molar refractivity (Wildman–Crippen MR) is 126 cm³/mol. The first kappa shape index (κ1) is 21.9. The summed E-state index contributed by atoms with van der Waals surface area (Å²) in [4.78, 5) is 27.7. The molecule has 0 radical (unpaired) electrons. The number of hydrogen-bond donors (Lipinski definition) is 0. The van der Waals surface area contributed by atoms with Gasteiger partial charge in [-0.15, -0.1) is 0 Å². The number of carbonyl (C=O) groups excluding carboxylic acids is 1. The monoisotopic (exact) mass is 458 g/mol. The van der Waals surface area contributed by atoms with Crippen LogP contribution in [0.2, 0.25) is 0 Å². The van der Waals surface area contributed by atoms with Crippen molar-refractivity contribution in [3.05, 3.63) is 78.3 Å². The van der Waals surface area contributed by atoms with E-state index in [1.165, 1.54) is 6.33 Å². The van der Waals surface area contributed by atoms with Gasteiger partial charge in [0.1, 0.15) is 17.8 Å². The minimum atomic E-state index is -0.0757. The molecule has 0 aliphatic carbocycles. The van der Waals surface area contributed by atoms with E-state index in [4.69, 9.17) is 13.9 Å². The summed E-state index contributed by atoms with van der Waals surface area (Å²) in [6.45, 7) is 1.18. The number of amides is 1. The molecule has 0 bridgehead atoms. The molecule has 3 heterocycles. The number of benzene rings is 2. The van der Waals surface area contributed by atoms with Crippen LogP contribution in [0.15, 0.2) is 65.5 Å². The van der Waals surface area contributed by atoms with Crippen molar-refractivity contribution in [3.8, 4) is 11.6 Å². The SMILES string of the molecule is COc1ccccc1Cc1cnc(C2CCCN(C(=O)COc3ncnc4ccccc34)C2)o1. The number of hydrogen-bond acceptors (Lipinski definition) is 7. The summed E-state index contributed by atoms with van der Waals surface area (Å²) in [7, 11) is 1.66. The maximum atomic E-state index is 12.9. The maximum absolute atomic E-state index is 12.9. The molecule has 0 saturated carbocycles. The first-order chi connectivity index (χ1) is 16.7. The molecule has 1 fully saturated rings. The molecule has 34 heavy (non-hydrogen) atoms. The molecule has 8 heteroatoms. The third kappa shape index (κ3) is 4.71. The van der Waals surface area contributed by atoms with Crippen molar-refractivity contribution in [1.29, 1.82) is 0 Å². The molecule has 2 aromatic carbocycles. The molecule has 1 aliphatic rings. The van der Waals surface area contributed by atoms with Crippen LogP contribution in [0.4, 0.5) is 0 Å². The number of aromatic nitrogens is 3. The molecule has 1 atom stereocenters. The van der Waals surface area contributed by atoms with E-state index < -0.39 is 0 Å². The summed E-state index contributed by atoms with van der Waals surface area (Å²) < 4.78 is 17.3. The third-order valence-corrected chi connectivity index (χ3v) is 6.09. The van der Waals surface area contributed by atoms with E-state index >= 15 is 0 Å². The Kier molecular flexibility index (Phi) is 6.38. The van der Waals surface area contributed by atoms with Gasteiger partial charge < -0.3 is 18.8 Å². The minimum absolute atomic E-state index is 0.0593. The van der Waals surface area contributed by atoms with Crippen LogP contribution < -0.4 is 9.47 Å². The second-order valence-electron chi connectivity index (χ2n) is 8.32. The normalized spacial score (nSPS) is 15.9. The third-order valence-electron chi connectivity index (χ3n) is 6.09. The Morgan fingerprint density at radius 2 is 1.97 bits per heavy atom. The zero-order chi connectivity index (χ0) is 23.3. The number of fused-ring (bicyclic) bond motifs is 1. The number of likely N-dealkylation sites (tertiary alicyclic amines) is 1. The second kappa shape index (κ2) is 9.91. The van der Waals surface area contributed by atoms with Crippen molar-refractivity contribution in [2.24, 2.45) is 0 Å². The lowest BCUT2D eigenvalue weighted by Crippen LogP contribution is -2.41. The van der Waals surface area contributed by atoms with Gasteiger partial charge >= 0.3 is 0 Å². The van der Waals surface area contributed by atoms with Crippen LogP contribution in [0.3, 0.4) is 0 Å². The maximum Gasteiger partial charge on any atom is 0.260 e. The average molecular weight is 459 g/mol. The Balaban J connectivity index is 1.21. The zero-order valence-corrected chi connectivity index (χ0v) is 19.0. The van der Waals surface area contributed by atoms with Gasteiger partial charge in [-0.1, -0.05) is 30.3 Å². The van der Waals surface area contributed by atoms with Crippen LogP contribution in [-0.2, 0) is 11.2 Å². The van der Waals surface area contributed by atoms with Crippen molar-refractivity contribution >= 4 is 16.8 Å². The molecule has 174 valence electrons. The summed E-state index contributed by atoms with van der Waals surface area (Å²) in [6, 6.07) is 15.4. The summed E-state index contributed by atoms with van der Waals surface area (Å²) in [5, 5.41) is 0.789. The van der Waals surface area contributed by atoms with Crippen LogP contribution >= 0.6 is 0 Å². The zero-order valence-electron chi connectivity index (χ0n) is 19.0. The first-order valence-electron chi connectivity index (χ1n) is 11.4. The number of rotatable bonds is 7.